The normalized spacial score (nSPS) is 25.8. The van der Waals surface area contributed by atoms with Crippen molar-refractivity contribution in [1.29, 1.82) is 0 Å². The minimum atomic E-state index is -1.03. The van der Waals surface area contributed by atoms with Gasteiger partial charge >= 0.3 is 5.97 Å². The molecule has 4 N–H and O–H groups in total. The molecule has 1 rings (SSSR count). The SMILES string of the molecule is CC(C)[C@@H]1NC(=O)CC(/C=C/CCCS)OC(=O)CNC(=O)[C@H](C(C)C)NC(=O)[C@H](CS)NC1=O. The smallest absolute Gasteiger partial charge is 0.326 e. The average Bonchev–Trinajstić information content (AvgIpc) is 2.79. The quantitative estimate of drug-likeness (QED) is 0.122. The van der Waals surface area contributed by atoms with Gasteiger partial charge < -0.3 is 26.0 Å². The molecule has 1 aliphatic rings. The largest absolute Gasteiger partial charge is 0.456 e. The van der Waals surface area contributed by atoms with Crippen LogP contribution < -0.4 is 21.3 Å². The Kier molecular flexibility index (Phi) is 13.8. The molecule has 1 aliphatic heterocycles. The van der Waals surface area contributed by atoms with Crippen LogP contribution >= 0.6 is 25.3 Å². The minimum absolute atomic E-state index is 0.0196. The van der Waals surface area contributed by atoms with E-state index in [9.17, 15) is 24.0 Å². The van der Waals surface area contributed by atoms with Crippen LogP contribution in [-0.4, -0.2) is 71.9 Å². The number of ether oxygens (including phenoxy) is 1. The molecular weight excluding hydrogens is 492 g/mol. The van der Waals surface area contributed by atoms with Gasteiger partial charge in [-0.1, -0.05) is 33.8 Å². The lowest BCUT2D eigenvalue weighted by molar-refractivity contribution is -0.148. The molecule has 4 amide bonds. The molecule has 198 valence electrons. The van der Waals surface area contributed by atoms with Crippen LogP contribution in [-0.2, 0) is 28.7 Å². The van der Waals surface area contributed by atoms with E-state index >= 15 is 0 Å². The van der Waals surface area contributed by atoms with E-state index < -0.39 is 60.4 Å². The topological polar surface area (TPSA) is 143 Å². The molecule has 0 radical (unpaired) electrons. The van der Waals surface area contributed by atoms with Crippen molar-refractivity contribution in [1.82, 2.24) is 21.3 Å². The Labute approximate surface area is 218 Å². The Balaban J connectivity index is 3.24. The number of allylic oxidation sites excluding steroid dienone is 1. The highest BCUT2D eigenvalue weighted by atomic mass is 32.1. The summed E-state index contributed by atoms with van der Waals surface area (Å²) in [7, 11) is 0. The molecule has 0 aromatic heterocycles. The lowest BCUT2D eigenvalue weighted by Crippen LogP contribution is -2.59. The first-order valence-electron chi connectivity index (χ1n) is 11.8. The Hall–Kier alpha value is -2.21. The van der Waals surface area contributed by atoms with Gasteiger partial charge in [0, 0.05) is 5.75 Å². The van der Waals surface area contributed by atoms with Crippen molar-refractivity contribution in [3.05, 3.63) is 12.2 Å². The number of rotatable bonds is 7. The minimum Gasteiger partial charge on any atom is -0.456 e. The molecule has 0 aromatic carbocycles. The van der Waals surface area contributed by atoms with Gasteiger partial charge in [-0.3, -0.25) is 24.0 Å². The number of esters is 1. The van der Waals surface area contributed by atoms with E-state index in [1.54, 1.807) is 39.8 Å². The molecular formula is C23H38N4O6S2. The van der Waals surface area contributed by atoms with Crippen molar-refractivity contribution in [2.75, 3.05) is 18.1 Å². The van der Waals surface area contributed by atoms with Gasteiger partial charge in [0.1, 0.15) is 30.8 Å². The first kappa shape index (κ1) is 30.8. The van der Waals surface area contributed by atoms with Crippen LogP contribution in [0.25, 0.3) is 0 Å². The summed E-state index contributed by atoms with van der Waals surface area (Å²) in [6.07, 6.45) is 3.82. The van der Waals surface area contributed by atoms with Crippen molar-refractivity contribution in [3.8, 4) is 0 Å². The number of carbonyl (C=O) groups excluding carboxylic acids is 5. The second-order valence-corrected chi connectivity index (χ2v) is 9.82. The maximum atomic E-state index is 12.9. The number of nitrogens with one attached hydrogen (secondary N) is 4. The molecule has 4 atom stereocenters. The van der Waals surface area contributed by atoms with E-state index in [-0.39, 0.29) is 24.0 Å². The number of carbonyl (C=O) groups is 5. The molecule has 1 fully saturated rings. The molecule has 1 unspecified atom stereocenters. The standard InChI is InChI=1S/C23H38N4O6S2/c1-13(2)19-22(31)24-11-18(29)33-15(8-6-5-7-9-34)10-17(28)26-20(14(3)4)23(32)25-16(12-35)21(30)27-19/h6,8,13-16,19-20,34-35H,5,7,9-12H2,1-4H3,(H,24,31)(H,25,32)(H,26,28)(H,27,30)/b8-6+/t15?,16-,19-,20-/m0/s1. The van der Waals surface area contributed by atoms with Gasteiger partial charge in [-0.25, -0.2) is 0 Å². The molecule has 0 spiro atoms. The molecule has 1 saturated heterocycles. The predicted octanol–water partition coefficient (Wildman–Crippen LogP) is 0.381. The number of thiol groups is 2. The van der Waals surface area contributed by atoms with Crippen molar-refractivity contribution in [2.45, 2.75) is 71.2 Å². The van der Waals surface area contributed by atoms with Gasteiger partial charge in [0.25, 0.3) is 0 Å². The van der Waals surface area contributed by atoms with Crippen LogP contribution in [0.4, 0.5) is 0 Å². The van der Waals surface area contributed by atoms with Gasteiger partial charge in [-0.05, 0) is 36.5 Å². The average molecular weight is 531 g/mol. The zero-order chi connectivity index (χ0) is 26.5. The molecule has 0 bridgehead atoms. The highest BCUT2D eigenvalue weighted by Crippen LogP contribution is 2.09. The van der Waals surface area contributed by atoms with Gasteiger partial charge in [-0.2, -0.15) is 25.3 Å². The zero-order valence-electron chi connectivity index (χ0n) is 20.7. The Morgan fingerprint density at radius 2 is 1.54 bits per heavy atom. The van der Waals surface area contributed by atoms with Crippen LogP contribution in [0, 0.1) is 11.8 Å². The Morgan fingerprint density at radius 1 is 0.914 bits per heavy atom. The fourth-order valence-corrected chi connectivity index (χ4v) is 3.72. The fourth-order valence-electron chi connectivity index (χ4n) is 3.28. The molecule has 35 heavy (non-hydrogen) atoms. The van der Waals surface area contributed by atoms with Gasteiger partial charge in [0.2, 0.25) is 23.6 Å². The highest BCUT2D eigenvalue weighted by Gasteiger charge is 2.32. The number of unbranched alkanes of at least 4 members (excludes halogenated alkanes) is 1. The van der Waals surface area contributed by atoms with Crippen LogP contribution in [0.3, 0.4) is 0 Å². The molecule has 10 nitrogen and oxygen atoms in total. The molecule has 0 saturated carbocycles. The second kappa shape index (κ2) is 15.7. The molecule has 0 aromatic rings. The lowest BCUT2D eigenvalue weighted by Gasteiger charge is -2.28. The maximum Gasteiger partial charge on any atom is 0.326 e. The monoisotopic (exact) mass is 530 g/mol. The highest BCUT2D eigenvalue weighted by molar-refractivity contribution is 7.80. The summed E-state index contributed by atoms with van der Waals surface area (Å²) in [4.78, 5) is 63.6. The van der Waals surface area contributed by atoms with E-state index in [2.05, 4.69) is 46.5 Å². The van der Waals surface area contributed by atoms with Crippen LogP contribution in [0.5, 0.6) is 0 Å². The third-order valence-corrected chi connectivity index (χ3v) is 5.97. The van der Waals surface area contributed by atoms with Gasteiger partial charge in [0.15, 0.2) is 0 Å². The summed E-state index contributed by atoms with van der Waals surface area (Å²) in [6, 6.07) is -2.90. The number of hydrogen-bond donors (Lipinski definition) is 6. The Bertz CT molecular complexity index is 790. The first-order chi connectivity index (χ1) is 16.5. The van der Waals surface area contributed by atoms with Crippen molar-refractivity contribution in [2.24, 2.45) is 11.8 Å². The van der Waals surface area contributed by atoms with Crippen molar-refractivity contribution in [3.63, 3.8) is 0 Å². The van der Waals surface area contributed by atoms with E-state index in [1.165, 1.54) is 0 Å². The number of amides is 4. The summed E-state index contributed by atoms with van der Waals surface area (Å²) in [5.74, 6) is -2.88. The van der Waals surface area contributed by atoms with Gasteiger partial charge in [0.05, 0.1) is 6.42 Å². The maximum absolute atomic E-state index is 12.9. The van der Waals surface area contributed by atoms with Crippen molar-refractivity contribution < 1.29 is 28.7 Å². The number of cyclic esters (lactones) is 1. The van der Waals surface area contributed by atoms with E-state index in [4.69, 9.17) is 4.74 Å². The third-order valence-electron chi connectivity index (χ3n) is 5.28. The van der Waals surface area contributed by atoms with Gasteiger partial charge in [-0.15, -0.1) is 0 Å². The molecule has 12 heteroatoms. The summed E-state index contributed by atoms with van der Waals surface area (Å²) in [6.45, 7) is 6.57. The fraction of sp³-hybridized carbons (Fsp3) is 0.696. The van der Waals surface area contributed by atoms with Crippen molar-refractivity contribution >= 4 is 54.9 Å². The zero-order valence-corrected chi connectivity index (χ0v) is 22.5. The first-order valence-corrected chi connectivity index (χ1v) is 13.0. The second-order valence-electron chi connectivity index (χ2n) is 9.01. The molecule has 1 heterocycles. The summed E-state index contributed by atoms with van der Waals surface area (Å²) in [5, 5.41) is 10.4. The van der Waals surface area contributed by atoms with Crippen LogP contribution in [0.2, 0.25) is 0 Å². The lowest BCUT2D eigenvalue weighted by atomic mass is 10.0. The third kappa shape index (κ3) is 10.9. The summed E-state index contributed by atoms with van der Waals surface area (Å²) >= 11 is 8.32. The van der Waals surface area contributed by atoms with Crippen LogP contribution in [0.1, 0.15) is 47.0 Å². The Morgan fingerprint density at radius 3 is 2.11 bits per heavy atom. The molecule has 0 aliphatic carbocycles. The van der Waals surface area contributed by atoms with Crippen LogP contribution in [0.15, 0.2) is 12.2 Å². The number of hydrogen-bond acceptors (Lipinski definition) is 8. The summed E-state index contributed by atoms with van der Waals surface area (Å²) < 4.78 is 5.41. The van der Waals surface area contributed by atoms with E-state index in [1.807, 2.05) is 0 Å². The predicted molar refractivity (Wildman–Crippen MR) is 139 cm³/mol. The van der Waals surface area contributed by atoms with E-state index in [0.717, 1.165) is 6.42 Å². The summed E-state index contributed by atoms with van der Waals surface area (Å²) in [5.41, 5.74) is 0. The van der Waals surface area contributed by atoms with E-state index in [0.29, 0.717) is 12.2 Å².